The highest BCUT2D eigenvalue weighted by Crippen LogP contribution is 2.51. The minimum absolute atomic E-state index is 0.0139. The summed E-state index contributed by atoms with van der Waals surface area (Å²) in [6.45, 7) is 2.32. The summed E-state index contributed by atoms with van der Waals surface area (Å²) in [5, 5.41) is 12.1. The van der Waals surface area contributed by atoms with E-state index < -0.39 is 0 Å². The Morgan fingerprint density at radius 3 is 2.41 bits per heavy atom. The largest absolute Gasteiger partial charge is 0.336 e. The van der Waals surface area contributed by atoms with Crippen molar-refractivity contribution in [2.45, 2.75) is 37.7 Å². The number of benzene rings is 3. The van der Waals surface area contributed by atoms with Crippen molar-refractivity contribution in [3.05, 3.63) is 70.6 Å². The molecule has 0 aromatic heterocycles. The fourth-order valence-electron chi connectivity index (χ4n) is 5.33. The van der Waals surface area contributed by atoms with Crippen molar-refractivity contribution in [2.24, 2.45) is 11.8 Å². The Morgan fingerprint density at radius 2 is 1.69 bits per heavy atom. The average Bonchev–Trinajstić information content (AvgIpc) is 3.09. The van der Waals surface area contributed by atoms with E-state index in [1.54, 1.807) is 0 Å². The predicted molar refractivity (Wildman–Crippen MR) is 120 cm³/mol. The maximum Gasteiger partial charge on any atom is 0.231 e. The number of nitrogens with one attached hydrogen (secondary N) is 2. The molecule has 0 spiro atoms. The molecule has 2 heterocycles. The van der Waals surface area contributed by atoms with Gasteiger partial charge in [-0.1, -0.05) is 55.5 Å². The van der Waals surface area contributed by atoms with Crippen molar-refractivity contribution < 1.29 is 4.79 Å². The van der Waals surface area contributed by atoms with E-state index >= 15 is 0 Å². The maximum atomic E-state index is 13.3. The van der Waals surface area contributed by atoms with Crippen LogP contribution in [0.2, 0.25) is 0 Å². The van der Waals surface area contributed by atoms with Crippen LogP contribution in [-0.4, -0.2) is 11.3 Å². The summed E-state index contributed by atoms with van der Waals surface area (Å²) in [5.41, 5.74) is 2.58. The molecule has 0 bridgehead atoms. The van der Waals surface area contributed by atoms with E-state index in [9.17, 15) is 4.79 Å². The smallest absolute Gasteiger partial charge is 0.231 e. The second-order valence-electron chi connectivity index (χ2n) is 8.65. The molecule has 4 atom stereocenters. The fraction of sp³-hybridized carbons (Fsp3) is 0.320. The van der Waals surface area contributed by atoms with Crippen molar-refractivity contribution >= 4 is 39.2 Å². The van der Waals surface area contributed by atoms with Gasteiger partial charge in [0.05, 0.1) is 11.3 Å². The Balaban J connectivity index is 1.45. The molecule has 0 radical (unpaired) electrons. The van der Waals surface area contributed by atoms with Crippen molar-refractivity contribution in [3.63, 3.8) is 0 Å². The molecule has 0 saturated carbocycles. The van der Waals surface area contributed by atoms with Crippen molar-refractivity contribution in [3.8, 4) is 0 Å². The Bertz CT molecular complexity index is 1130. The molecule has 1 aliphatic carbocycles. The monoisotopic (exact) mass is 400 g/mol. The van der Waals surface area contributed by atoms with Gasteiger partial charge in [0.1, 0.15) is 6.17 Å². The zero-order chi connectivity index (χ0) is 19.5. The lowest BCUT2D eigenvalue weighted by Gasteiger charge is -2.35. The van der Waals surface area contributed by atoms with Crippen LogP contribution in [0.4, 0.5) is 0 Å². The summed E-state index contributed by atoms with van der Waals surface area (Å²) in [4.78, 5) is 14.7. The van der Waals surface area contributed by atoms with E-state index in [2.05, 4.69) is 72.2 Å². The highest BCUT2D eigenvalue weighted by molar-refractivity contribution is 8.04. The first kappa shape index (κ1) is 17.5. The van der Waals surface area contributed by atoms with Crippen LogP contribution in [0.1, 0.15) is 37.9 Å². The molecular formula is C25H24N2OS. The van der Waals surface area contributed by atoms with Crippen LogP contribution in [0, 0.1) is 11.8 Å². The van der Waals surface area contributed by atoms with Crippen LogP contribution in [0.3, 0.4) is 0 Å². The summed E-state index contributed by atoms with van der Waals surface area (Å²) >= 11 is 1.90. The molecule has 6 rings (SSSR count). The molecule has 29 heavy (non-hydrogen) atoms. The van der Waals surface area contributed by atoms with Crippen molar-refractivity contribution in [1.29, 1.82) is 0 Å². The molecule has 4 unspecified atom stereocenters. The van der Waals surface area contributed by atoms with Crippen molar-refractivity contribution in [2.75, 3.05) is 0 Å². The normalized spacial score (nSPS) is 29.1. The third-order valence-corrected chi connectivity index (χ3v) is 8.12. The van der Waals surface area contributed by atoms with Gasteiger partial charge in [-0.15, -0.1) is 11.8 Å². The van der Waals surface area contributed by atoms with E-state index in [1.165, 1.54) is 44.0 Å². The van der Waals surface area contributed by atoms with Gasteiger partial charge >= 0.3 is 0 Å². The first-order valence-electron chi connectivity index (χ1n) is 10.5. The third kappa shape index (κ3) is 2.73. The van der Waals surface area contributed by atoms with E-state index in [1.807, 2.05) is 11.8 Å². The number of fused-ring (bicyclic) bond motifs is 4. The zero-order valence-corrected chi connectivity index (χ0v) is 17.3. The third-order valence-electron chi connectivity index (χ3n) is 6.75. The predicted octanol–water partition coefficient (Wildman–Crippen LogP) is 5.47. The van der Waals surface area contributed by atoms with Gasteiger partial charge in [-0.25, -0.2) is 0 Å². The molecule has 2 N–H and O–H groups in total. The Hall–Kier alpha value is -2.30. The van der Waals surface area contributed by atoms with E-state index in [0.29, 0.717) is 0 Å². The van der Waals surface area contributed by atoms with Gasteiger partial charge in [0.25, 0.3) is 0 Å². The quantitative estimate of drug-likeness (QED) is 0.532. The molecule has 1 amide bonds. The summed E-state index contributed by atoms with van der Waals surface area (Å²) < 4.78 is 0. The lowest BCUT2D eigenvalue weighted by atomic mass is 9.83. The van der Waals surface area contributed by atoms with Gasteiger partial charge in [0.15, 0.2) is 0 Å². The van der Waals surface area contributed by atoms with Crippen LogP contribution in [0.15, 0.2) is 65.1 Å². The Morgan fingerprint density at radius 1 is 1.00 bits per heavy atom. The van der Waals surface area contributed by atoms with E-state index in [-0.39, 0.29) is 23.4 Å². The molecule has 3 aromatic carbocycles. The molecule has 3 aliphatic rings. The molecule has 2 aliphatic heterocycles. The van der Waals surface area contributed by atoms with Crippen LogP contribution in [0.5, 0.6) is 0 Å². The first-order chi connectivity index (χ1) is 14.2. The molecular weight excluding hydrogens is 376 g/mol. The van der Waals surface area contributed by atoms with Gasteiger partial charge in [-0.3, -0.25) is 10.1 Å². The van der Waals surface area contributed by atoms with Crippen LogP contribution in [-0.2, 0) is 4.79 Å². The molecule has 1 fully saturated rings. The SMILES string of the molecule is CC1CCC2=C(C1)SC1NC(c3c4ccccc4cc4ccccc34)NC(=O)C21. The van der Waals surface area contributed by atoms with Crippen LogP contribution in [0.25, 0.3) is 21.5 Å². The van der Waals surface area contributed by atoms with E-state index in [4.69, 9.17) is 0 Å². The Kier molecular flexibility index (Phi) is 4.00. The van der Waals surface area contributed by atoms with Gasteiger partial charge < -0.3 is 5.32 Å². The number of rotatable bonds is 1. The van der Waals surface area contributed by atoms with Gasteiger partial charge in [-0.05, 0) is 63.3 Å². The van der Waals surface area contributed by atoms with Crippen LogP contribution >= 0.6 is 11.8 Å². The summed E-state index contributed by atoms with van der Waals surface area (Å²) in [7, 11) is 0. The van der Waals surface area contributed by atoms with Gasteiger partial charge in [0.2, 0.25) is 5.91 Å². The maximum absolute atomic E-state index is 13.3. The second-order valence-corrected chi connectivity index (χ2v) is 9.89. The first-order valence-corrected chi connectivity index (χ1v) is 11.4. The second kappa shape index (κ2) is 6.61. The number of hydrogen-bond acceptors (Lipinski definition) is 3. The molecule has 1 saturated heterocycles. The number of hydrogen-bond donors (Lipinski definition) is 2. The average molecular weight is 401 g/mol. The number of amides is 1. The number of carbonyl (C=O) groups excluding carboxylic acids is 1. The molecule has 146 valence electrons. The summed E-state index contributed by atoms with van der Waals surface area (Å²) in [5.74, 6) is 0.894. The fourth-order valence-corrected chi connectivity index (χ4v) is 7.02. The highest BCUT2D eigenvalue weighted by atomic mass is 32.2. The van der Waals surface area contributed by atoms with E-state index in [0.717, 1.165) is 18.8 Å². The number of allylic oxidation sites excluding steroid dienone is 1. The topological polar surface area (TPSA) is 41.1 Å². The van der Waals surface area contributed by atoms with Crippen molar-refractivity contribution in [1.82, 2.24) is 10.6 Å². The minimum Gasteiger partial charge on any atom is -0.336 e. The lowest BCUT2D eigenvalue weighted by Crippen LogP contribution is -2.54. The Labute approximate surface area is 174 Å². The minimum atomic E-state index is -0.175. The highest BCUT2D eigenvalue weighted by Gasteiger charge is 2.46. The number of carbonyl (C=O) groups is 1. The van der Waals surface area contributed by atoms with Gasteiger partial charge in [-0.2, -0.15) is 0 Å². The number of thioether (sulfide) groups is 1. The standard InChI is InChI=1S/C25H24N2OS/c1-14-10-11-19-20(12-14)29-25-22(19)24(28)26-23(27-25)21-17-8-4-2-6-15(17)13-16-7-3-5-9-18(16)21/h2-9,13-14,22-23,25,27H,10-12H2,1H3,(H,26,28). The zero-order valence-electron chi connectivity index (χ0n) is 16.4. The molecule has 3 nitrogen and oxygen atoms in total. The summed E-state index contributed by atoms with van der Waals surface area (Å²) in [6.07, 6.45) is 3.23. The lowest BCUT2D eigenvalue weighted by molar-refractivity contribution is -0.127. The molecule has 4 heteroatoms. The summed E-state index contributed by atoms with van der Waals surface area (Å²) in [6, 6.07) is 19.2. The molecule has 3 aromatic rings. The van der Waals surface area contributed by atoms with Gasteiger partial charge in [0, 0.05) is 5.56 Å². The van der Waals surface area contributed by atoms with Crippen LogP contribution < -0.4 is 10.6 Å².